The molecule has 0 atom stereocenters. The lowest BCUT2D eigenvalue weighted by atomic mass is 9.91. The fraction of sp³-hybridized carbons (Fsp3) is 0.188. The first-order valence-corrected chi connectivity index (χ1v) is 6.76. The van der Waals surface area contributed by atoms with E-state index in [4.69, 9.17) is 11.6 Å². The van der Waals surface area contributed by atoms with Crippen LogP contribution in [-0.2, 0) is 13.0 Å². The van der Waals surface area contributed by atoms with Crippen LogP contribution >= 0.6 is 11.6 Å². The maximum Gasteiger partial charge on any atom is 0.194 e. The molecule has 0 spiro atoms. The van der Waals surface area contributed by atoms with Gasteiger partial charge in [0.25, 0.3) is 0 Å². The van der Waals surface area contributed by atoms with E-state index in [-0.39, 0.29) is 5.78 Å². The molecule has 96 valence electrons. The Morgan fingerprint density at radius 2 is 1.84 bits per heavy atom. The molecule has 1 heterocycles. The van der Waals surface area contributed by atoms with E-state index >= 15 is 0 Å². The number of rotatable bonds is 2. The van der Waals surface area contributed by atoms with Crippen molar-refractivity contribution in [3.05, 3.63) is 69.7 Å². The third-order valence-electron chi connectivity index (χ3n) is 3.50. The van der Waals surface area contributed by atoms with Crippen molar-refractivity contribution >= 4 is 17.4 Å². The van der Waals surface area contributed by atoms with Gasteiger partial charge in [0, 0.05) is 17.7 Å². The van der Waals surface area contributed by atoms with Gasteiger partial charge in [-0.25, -0.2) is 0 Å². The Kier molecular flexibility index (Phi) is 3.36. The zero-order valence-corrected chi connectivity index (χ0v) is 11.2. The molecule has 0 aliphatic carbocycles. The molecule has 0 bridgehead atoms. The average molecular weight is 272 g/mol. The quantitative estimate of drug-likeness (QED) is 0.850. The Balaban J connectivity index is 2.08. The first kappa shape index (κ1) is 12.4. The molecule has 0 unspecified atom stereocenters. The summed E-state index contributed by atoms with van der Waals surface area (Å²) in [5, 5.41) is 3.83. The summed E-state index contributed by atoms with van der Waals surface area (Å²) in [4.78, 5) is 12.6. The molecule has 2 aromatic carbocycles. The number of carbonyl (C=O) groups is 1. The molecule has 1 aliphatic heterocycles. The van der Waals surface area contributed by atoms with E-state index in [9.17, 15) is 4.79 Å². The number of nitrogens with one attached hydrogen (secondary N) is 1. The first-order valence-electron chi connectivity index (χ1n) is 6.38. The number of ketones is 1. The molecule has 1 aliphatic rings. The van der Waals surface area contributed by atoms with E-state index in [2.05, 4.69) is 11.4 Å². The number of benzene rings is 2. The number of hydrogen-bond acceptors (Lipinski definition) is 2. The third kappa shape index (κ3) is 2.29. The highest BCUT2D eigenvalue weighted by Gasteiger charge is 2.19. The molecular formula is C16H14ClNO. The third-order valence-corrected chi connectivity index (χ3v) is 3.83. The Labute approximate surface area is 117 Å². The molecule has 0 saturated carbocycles. The van der Waals surface area contributed by atoms with Gasteiger partial charge in [0.15, 0.2) is 5.78 Å². The molecule has 3 rings (SSSR count). The van der Waals surface area contributed by atoms with E-state index in [1.807, 2.05) is 24.3 Å². The predicted octanol–water partition coefficient (Wildman–Crippen LogP) is 3.22. The molecule has 0 amide bonds. The zero-order valence-electron chi connectivity index (χ0n) is 10.4. The standard InChI is InChI=1S/C16H14ClNO/c17-15-7-2-1-5-14(15)16(19)13-6-3-4-11-10-18-9-8-12(11)13/h1-7,18H,8-10H2. The molecule has 2 nitrogen and oxygen atoms in total. The first-order chi connectivity index (χ1) is 9.27. The molecule has 2 aromatic rings. The Morgan fingerprint density at radius 3 is 2.68 bits per heavy atom. The highest BCUT2D eigenvalue weighted by atomic mass is 35.5. The smallest absolute Gasteiger partial charge is 0.194 e. The average Bonchev–Trinajstić information content (AvgIpc) is 2.46. The fourth-order valence-corrected chi connectivity index (χ4v) is 2.76. The maximum absolute atomic E-state index is 12.6. The van der Waals surface area contributed by atoms with Crippen LogP contribution in [0.5, 0.6) is 0 Å². The summed E-state index contributed by atoms with van der Waals surface area (Å²) < 4.78 is 0. The second-order valence-corrected chi connectivity index (χ2v) is 5.09. The summed E-state index contributed by atoms with van der Waals surface area (Å²) in [6.45, 7) is 1.75. The molecule has 19 heavy (non-hydrogen) atoms. The van der Waals surface area contributed by atoms with Gasteiger partial charge in [-0.3, -0.25) is 4.79 Å². The van der Waals surface area contributed by atoms with Gasteiger partial charge < -0.3 is 5.32 Å². The van der Waals surface area contributed by atoms with Gasteiger partial charge in [-0.2, -0.15) is 0 Å². The van der Waals surface area contributed by atoms with Gasteiger partial charge in [0.05, 0.1) is 5.02 Å². The van der Waals surface area contributed by atoms with Crippen LogP contribution in [0.2, 0.25) is 5.02 Å². The number of carbonyl (C=O) groups excluding carboxylic acids is 1. The molecule has 1 N–H and O–H groups in total. The van der Waals surface area contributed by atoms with Gasteiger partial charge >= 0.3 is 0 Å². The van der Waals surface area contributed by atoms with E-state index in [0.29, 0.717) is 10.6 Å². The van der Waals surface area contributed by atoms with Crippen molar-refractivity contribution in [3.63, 3.8) is 0 Å². The van der Waals surface area contributed by atoms with Gasteiger partial charge in [0.2, 0.25) is 0 Å². The highest BCUT2D eigenvalue weighted by molar-refractivity contribution is 6.35. The summed E-state index contributed by atoms with van der Waals surface area (Å²) in [6.07, 6.45) is 0.891. The molecule has 0 aromatic heterocycles. The molecule has 0 radical (unpaired) electrons. The number of fused-ring (bicyclic) bond motifs is 1. The summed E-state index contributed by atoms with van der Waals surface area (Å²) in [5.74, 6) is 0.0179. The van der Waals surface area contributed by atoms with Crippen LogP contribution in [0, 0.1) is 0 Å². The van der Waals surface area contributed by atoms with Crippen LogP contribution in [0.25, 0.3) is 0 Å². The van der Waals surface area contributed by atoms with Crippen LogP contribution in [0.15, 0.2) is 42.5 Å². The summed E-state index contributed by atoms with van der Waals surface area (Å²) in [7, 11) is 0. The normalized spacial score (nSPS) is 13.9. The van der Waals surface area contributed by atoms with E-state index in [1.54, 1.807) is 12.1 Å². The van der Waals surface area contributed by atoms with Crippen molar-refractivity contribution in [2.75, 3.05) is 6.54 Å². The van der Waals surface area contributed by atoms with Crippen molar-refractivity contribution in [1.82, 2.24) is 5.32 Å². The molecular weight excluding hydrogens is 258 g/mol. The van der Waals surface area contributed by atoms with Crippen LogP contribution in [-0.4, -0.2) is 12.3 Å². The Hall–Kier alpha value is -1.64. The summed E-state index contributed by atoms with van der Waals surface area (Å²) in [5.41, 5.74) is 3.73. The predicted molar refractivity (Wildman–Crippen MR) is 76.7 cm³/mol. The van der Waals surface area contributed by atoms with Crippen LogP contribution in [0.3, 0.4) is 0 Å². The lowest BCUT2D eigenvalue weighted by Crippen LogP contribution is -2.25. The van der Waals surface area contributed by atoms with Crippen molar-refractivity contribution in [1.29, 1.82) is 0 Å². The second kappa shape index (κ2) is 5.16. The second-order valence-electron chi connectivity index (χ2n) is 4.68. The highest BCUT2D eigenvalue weighted by Crippen LogP contribution is 2.24. The maximum atomic E-state index is 12.6. The minimum atomic E-state index is 0.0179. The Bertz CT molecular complexity index is 636. The largest absolute Gasteiger partial charge is 0.312 e. The van der Waals surface area contributed by atoms with E-state index in [0.717, 1.165) is 30.6 Å². The van der Waals surface area contributed by atoms with Crippen molar-refractivity contribution in [2.45, 2.75) is 13.0 Å². The molecule has 0 saturated heterocycles. The Morgan fingerprint density at radius 1 is 1.05 bits per heavy atom. The lowest BCUT2D eigenvalue weighted by molar-refractivity contribution is 0.103. The van der Waals surface area contributed by atoms with Crippen LogP contribution in [0.1, 0.15) is 27.0 Å². The van der Waals surface area contributed by atoms with Gasteiger partial charge in [-0.05, 0) is 36.2 Å². The van der Waals surface area contributed by atoms with E-state index in [1.165, 1.54) is 5.56 Å². The van der Waals surface area contributed by atoms with Crippen LogP contribution < -0.4 is 5.32 Å². The fourth-order valence-electron chi connectivity index (χ4n) is 2.54. The van der Waals surface area contributed by atoms with Gasteiger partial charge in [-0.15, -0.1) is 0 Å². The summed E-state index contributed by atoms with van der Waals surface area (Å²) >= 11 is 6.12. The van der Waals surface area contributed by atoms with Crippen molar-refractivity contribution in [2.24, 2.45) is 0 Å². The number of hydrogen-bond donors (Lipinski definition) is 1. The monoisotopic (exact) mass is 271 g/mol. The van der Waals surface area contributed by atoms with Gasteiger partial charge in [-0.1, -0.05) is 41.9 Å². The number of halogens is 1. The lowest BCUT2D eigenvalue weighted by Gasteiger charge is -2.19. The zero-order chi connectivity index (χ0) is 13.2. The minimum Gasteiger partial charge on any atom is -0.312 e. The van der Waals surface area contributed by atoms with Crippen molar-refractivity contribution < 1.29 is 4.79 Å². The van der Waals surface area contributed by atoms with E-state index < -0.39 is 0 Å². The van der Waals surface area contributed by atoms with Crippen LogP contribution in [0.4, 0.5) is 0 Å². The minimum absolute atomic E-state index is 0.0179. The topological polar surface area (TPSA) is 29.1 Å². The summed E-state index contributed by atoms with van der Waals surface area (Å²) in [6, 6.07) is 13.1. The van der Waals surface area contributed by atoms with Crippen molar-refractivity contribution in [3.8, 4) is 0 Å². The van der Waals surface area contributed by atoms with Gasteiger partial charge in [0.1, 0.15) is 0 Å². The molecule has 3 heteroatoms. The SMILES string of the molecule is O=C(c1ccccc1Cl)c1cccc2c1CCNC2. The molecule has 0 fully saturated rings.